The van der Waals surface area contributed by atoms with Crippen LogP contribution in [0.1, 0.15) is 24.0 Å². The van der Waals surface area contributed by atoms with Crippen molar-refractivity contribution in [3.8, 4) is 5.75 Å². The van der Waals surface area contributed by atoms with Crippen LogP contribution in [-0.2, 0) is 22.4 Å². The molecule has 0 radical (unpaired) electrons. The number of likely N-dealkylation sites (N-methyl/N-ethyl adjacent to an activating group) is 1. The molecule has 2 atom stereocenters. The number of phenolic OH excluding ortho intramolecular Hbond substituents is 1. The molecule has 0 aliphatic rings. The van der Waals surface area contributed by atoms with Gasteiger partial charge in [-0.05, 0) is 68.0 Å². The number of carbonyl (C=O) groups excluding carboxylic acids is 2. The minimum atomic E-state index is -0.563. The molecule has 0 saturated carbocycles. The van der Waals surface area contributed by atoms with Gasteiger partial charge < -0.3 is 21.1 Å². The molecule has 0 heterocycles. The molecule has 0 aliphatic carbocycles. The number of amides is 2. The molecule has 0 aromatic heterocycles. The molecule has 2 unspecified atom stereocenters. The summed E-state index contributed by atoms with van der Waals surface area (Å²) in [6.45, 7) is 0.572. The fraction of sp³-hybridized carbons (Fsp3) is 0.417. The Morgan fingerprint density at radius 1 is 0.968 bits per heavy atom. The lowest BCUT2D eigenvalue weighted by molar-refractivity contribution is -0.130. The van der Waals surface area contributed by atoms with E-state index in [4.69, 9.17) is 0 Å². The van der Waals surface area contributed by atoms with Crippen LogP contribution in [0, 0.1) is 0 Å². The van der Waals surface area contributed by atoms with Crippen molar-refractivity contribution in [1.29, 1.82) is 0 Å². The van der Waals surface area contributed by atoms with Crippen LogP contribution in [0.15, 0.2) is 54.6 Å². The standard InChI is InChI=1S/C24H33N3O3S/c1-25-22(17-19-10-12-20(28)13-11-19)24(30)27-21(14-16-31-2)23(29)26-15-6-9-18-7-4-3-5-8-18/h3-5,7-8,10-13,21-22,25,28H,6,9,14-17H2,1-2H3,(H,26,29)(H,27,30). The van der Waals surface area contributed by atoms with E-state index in [-0.39, 0.29) is 17.6 Å². The molecule has 2 aromatic rings. The van der Waals surface area contributed by atoms with Gasteiger partial charge in [-0.15, -0.1) is 0 Å². The van der Waals surface area contributed by atoms with Gasteiger partial charge in [0.25, 0.3) is 0 Å². The molecular weight excluding hydrogens is 410 g/mol. The number of benzene rings is 2. The van der Waals surface area contributed by atoms with Crippen LogP contribution >= 0.6 is 11.8 Å². The van der Waals surface area contributed by atoms with Crippen molar-refractivity contribution in [2.75, 3.05) is 25.6 Å². The molecule has 6 nitrogen and oxygen atoms in total. The number of rotatable bonds is 13. The maximum absolute atomic E-state index is 12.8. The Kier molecular flexibility index (Phi) is 11.0. The lowest BCUT2D eigenvalue weighted by Crippen LogP contribution is -2.53. The van der Waals surface area contributed by atoms with Gasteiger partial charge in [-0.1, -0.05) is 42.5 Å². The maximum Gasteiger partial charge on any atom is 0.242 e. The summed E-state index contributed by atoms with van der Waals surface area (Å²) in [7, 11) is 1.73. The highest BCUT2D eigenvalue weighted by Gasteiger charge is 2.24. The van der Waals surface area contributed by atoms with Gasteiger partial charge in [0.2, 0.25) is 11.8 Å². The molecule has 0 aliphatic heterocycles. The average molecular weight is 444 g/mol. The third-order valence-corrected chi connectivity index (χ3v) is 5.71. The van der Waals surface area contributed by atoms with Crippen LogP contribution in [0.4, 0.5) is 0 Å². The topological polar surface area (TPSA) is 90.5 Å². The summed E-state index contributed by atoms with van der Waals surface area (Å²) in [6.07, 6.45) is 4.78. The first-order valence-corrected chi connectivity index (χ1v) is 12.0. The maximum atomic E-state index is 12.8. The minimum absolute atomic E-state index is 0.144. The van der Waals surface area contributed by atoms with Crippen molar-refractivity contribution >= 4 is 23.6 Å². The molecular formula is C24H33N3O3S. The Morgan fingerprint density at radius 2 is 1.68 bits per heavy atom. The highest BCUT2D eigenvalue weighted by atomic mass is 32.2. The van der Waals surface area contributed by atoms with Crippen molar-refractivity contribution in [2.24, 2.45) is 0 Å². The van der Waals surface area contributed by atoms with Crippen molar-refractivity contribution in [3.05, 3.63) is 65.7 Å². The summed E-state index contributed by atoms with van der Waals surface area (Å²) in [5.41, 5.74) is 2.17. The lowest BCUT2D eigenvalue weighted by atomic mass is 10.0. The second-order valence-corrected chi connectivity index (χ2v) is 8.42. The fourth-order valence-electron chi connectivity index (χ4n) is 3.24. The van der Waals surface area contributed by atoms with E-state index in [0.717, 1.165) is 24.2 Å². The second kappa shape index (κ2) is 13.7. The summed E-state index contributed by atoms with van der Waals surface area (Å²) < 4.78 is 0. The molecule has 168 valence electrons. The summed E-state index contributed by atoms with van der Waals surface area (Å²) >= 11 is 1.65. The number of aromatic hydroxyl groups is 1. The molecule has 31 heavy (non-hydrogen) atoms. The van der Waals surface area contributed by atoms with E-state index in [0.29, 0.717) is 19.4 Å². The molecule has 2 amide bonds. The Balaban J connectivity index is 1.87. The first-order valence-electron chi connectivity index (χ1n) is 10.6. The monoisotopic (exact) mass is 443 g/mol. The Bertz CT molecular complexity index is 799. The third kappa shape index (κ3) is 9.02. The summed E-state index contributed by atoms with van der Waals surface area (Å²) in [6, 6.07) is 15.9. The fourth-order valence-corrected chi connectivity index (χ4v) is 3.71. The van der Waals surface area contributed by atoms with Crippen LogP contribution in [0.3, 0.4) is 0 Å². The molecule has 0 bridgehead atoms. The van der Waals surface area contributed by atoms with Gasteiger partial charge in [-0.2, -0.15) is 11.8 Å². The van der Waals surface area contributed by atoms with E-state index in [2.05, 4.69) is 28.1 Å². The number of hydrogen-bond acceptors (Lipinski definition) is 5. The van der Waals surface area contributed by atoms with Crippen LogP contribution in [0.25, 0.3) is 0 Å². The van der Waals surface area contributed by atoms with Crippen LogP contribution in [0.2, 0.25) is 0 Å². The van der Waals surface area contributed by atoms with Crippen molar-refractivity contribution in [3.63, 3.8) is 0 Å². The van der Waals surface area contributed by atoms with E-state index < -0.39 is 12.1 Å². The highest BCUT2D eigenvalue weighted by molar-refractivity contribution is 7.98. The van der Waals surface area contributed by atoms with E-state index >= 15 is 0 Å². The van der Waals surface area contributed by atoms with Crippen LogP contribution in [0.5, 0.6) is 5.75 Å². The highest BCUT2D eigenvalue weighted by Crippen LogP contribution is 2.12. The molecule has 0 saturated heterocycles. The number of carbonyl (C=O) groups is 2. The van der Waals surface area contributed by atoms with Crippen LogP contribution < -0.4 is 16.0 Å². The number of hydrogen-bond donors (Lipinski definition) is 4. The number of nitrogens with one attached hydrogen (secondary N) is 3. The van der Waals surface area contributed by atoms with E-state index in [1.807, 2.05) is 24.5 Å². The average Bonchev–Trinajstić information content (AvgIpc) is 2.79. The summed E-state index contributed by atoms with van der Waals surface area (Å²) in [5.74, 6) is 0.622. The van der Waals surface area contributed by atoms with E-state index in [9.17, 15) is 14.7 Å². The second-order valence-electron chi connectivity index (χ2n) is 7.43. The summed E-state index contributed by atoms with van der Waals surface area (Å²) in [5, 5.41) is 18.3. The molecule has 4 N–H and O–H groups in total. The van der Waals surface area contributed by atoms with E-state index in [1.54, 1.807) is 43.1 Å². The predicted octanol–water partition coefficient (Wildman–Crippen LogP) is 2.51. The Morgan fingerprint density at radius 3 is 2.32 bits per heavy atom. The third-order valence-electron chi connectivity index (χ3n) is 5.07. The molecule has 0 fully saturated rings. The summed E-state index contributed by atoms with van der Waals surface area (Å²) in [4.78, 5) is 25.5. The normalized spacial score (nSPS) is 12.7. The van der Waals surface area contributed by atoms with Gasteiger partial charge in [0.15, 0.2) is 0 Å². The minimum Gasteiger partial charge on any atom is -0.508 e. The quantitative estimate of drug-likeness (QED) is 0.357. The van der Waals surface area contributed by atoms with Gasteiger partial charge in [0.1, 0.15) is 11.8 Å². The van der Waals surface area contributed by atoms with Gasteiger partial charge >= 0.3 is 0 Å². The first-order chi connectivity index (χ1) is 15.0. The molecule has 7 heteroatoms. The number of aryl methyl sites for hydroxylation is 1. The van der Waals surface area contributed by atoms with Crippen molar-refractivity contribution in [1.82, 2.24) is 16.0 Å². The smallest absolute Gasteiger partial charge is 0.242 e. The SMILES string of the molecule is CNC(Cc1ccc(O)cc1)C(=O)NC(CCSC)C(=O)NCCCc1ccccc1. The lowest BCUT2D eigenvalue weighted by Gasteiger charge is -2.22. The van der Waals surface area contributed by atoms with Gasteiger partial charge in [0, 0.05) is 6.54 Å². The molecule has 2 aromatic carbocycles. The zero-order valence-corrected chi connectivity index (χ0v) is 19.1. The Hall–Kier alpha value is -2.51. The van der Waals surface area contributed by atoms with Crippen molar-refractivity contribution < 1.29 is 14.7 Å². The number of phenols is 1. The first kappa shape index (κ1) is 24.8. The largest absolute Gasteiger partial charge is 0.508 e. The van der Waals surface area contributed by atoms with Gasteiger partial charge in [-0.3, -0.25) is 9.59 Å². The van der Waals surface area contributed by atoms with E-state index in [1.165, 1.54) is 5.56 Å². The molecule has 0 spiro atoms. The van der Waals surface area contributed by atoms with Gasteiger partial charge in [-0.25, -0.2) is 0 Å². The zero-order valence-electron chi connectivity index (χ0n) is 18.3. The van der Waals surface area contributed by atoms with Crippen molar-refractivity contribution in [2.45, 2.75) is 37.8 Å². The molecule has 2 rings (SSSR count). The van der Waals surface area contributed by atoms with Gasteiger partial charge in [0.05, 0.1) is 6.04 Å². The predicted molar refractivity (Wildman–Crippen MR) is 127 cm³/mol. The Labute approximate surface area is 189 Å². The zero-order chi connectivity index (χ0) is 22.5. The van der Waals surface area contributed by atoms with Crippen LogP contribution in [-0.4, -0.2) is 54.6 Å². The number of thioether (sulfide) groups is 1.